The molecular formula is C29H41Cl2NO2Ti. The molecule has 1 heterocycles. The Bertz CT molecular complexity index is 1010. The number of benzene rings is 2. The quantitative estimate of drug-likeness (QED) is 0.301. The maximum atomic E-state index is 9.57. The first-order valence-electron chi connectivity index (χ1n) is 11.2. The van der Waals surface area contributed by atoms with E-state index in [1.807, 2.05) is 74.7 Å². The summed E-state index contributed by atoms with van der Waals surface area (Å²) in [5.41, 5.74) is 6.78. The molecule has 1 aromatic heterocycles. The average molecular weight is 554 g/mol. The summed E-state index contributed by atoms with van der Waals surface area (Å²) in [6.45, 7) is 18.7. The molecule has 0 amide bonds. The second-order valence-corrected chi connectivity index (χ2v) is 10.9. The maximum absolute atomic E-state index is 9.57. The van der Waals surface area contributed by atoms with Crippen LogP contribution >= 0.6 is 24.8 Å². The topological polar surface area (TPSA) is 53.4 Å². The molecule has 192 valence electrons. The van der Waals surface area contributed by atoms with E-state index < -0.39 is 0 Å². The first-order valence-corrected chi connectivity index (χ1v) is 12.1. The van der Waals surface area contributed by atoms with Crippen LogP contribution < -0.4 is 0 Å². The standard InChI is InChI=1S/2C11H16O.C7H7N.2ClH.Ti/c2*1-8-5-6-10(12)9(7-8)11(2,3)4;1-6-3-4-8-7(2)5-6;;;/h2*5-7,12H,1-4H3;2-5H,1H3;2*1H;. The van der Waals surface area contributed by atoms with Crippen LogP contribution in [0.15, 0.2) is 54.7 Å². The molecule has 0 aliphatic heterocycles. The van der Waals surface area contributed by atoms with Gasteiger partial charge in [-0.2, -0.15) is 0 Å². The minimum Gasteiger partial charge on any atom is -0.147 e. The number of hydrogen-bond acceptors (Lipinski definition) is 3. The Kier molecular flexibility index (Phi) is 15.7. The van der Waals surface area contributed by atoms with Gasteiger partial charge >= 0.3 is 65.8 Å². The minimum absolute atomic E-state index is 0. The molecule has 0 aliphatic rings. The van der Waals surface area contributed by atoms with E-state index in [0.29, 0.717) is 11.5 Å². The molecule has 3 aromatic rings. The minimum atomic E-state index is 0. The predicted octanol–water partition coefficient (Wildman–Crippen LogP) is 7.93. The summed E-state index contributed by atoms with van der Waals surface area (Å²) < 4.78 is 1.99. The molecule has 3 rings (SSSR count). The SMILES string of the molecule is Cc1ccc(O)c(C(C)(C)C)c1.Cc1ccc(O)c(C(C)(C)C)c1.Cc1ccnc([CH]=[Ti])c1.Cl.Cl. The van der Waals surface area contributed by atoms with Crippen LogP contribution in [0.1, 0.15) is 75.1 Å². The molecule has 0 saturated carbocycles. The van der Waals surface area contributed by atoms with Crippen LogP contribution in [0.2, 0.25) is 0 Å². The number of hydrogen-bond donors (Lipinski definition) is 2. The first kappa shape index (κ1) is 35.5. The number of pyridine rings is 1. The molecule has 2 N–H and O–H groups in total. The fourth-order valence-electron chi connectivity index (χ4n) is 3.14. The van der Waals surface area contributed by atoms with Gasteiger partial charge < -0.3 is 10.2 Å². The van der Waals surface area contributed by atoms with Gasteiger partial charge in [0.25, 0.3) is 0 Å². The van der Waals surface area contributed by atoms with Crippen molar-refractivity contribution in [1.29, 1.82) is 0 Å². The van der Waals surface area contributed by atoms with Gasteiger partial charge in [0.1, 0.15) is 11.5 Å². The molecule has 0 spiro atoms. The molecule has 3 nitrogen and oxygen atoms in total. The molecule has 0 fully saturated rings. The monoisotopic (exact) mass is 553 g/mol. The summed E-state index contributed by atoms with van der Waals surface area (Å²) >= 11 is 1.99. The third-order valence-electron chi connectivity index (χ3n) is 5.00. The molecular weight excluding hydrogens is 513 g/mol. The number of nitrogens with zero attached hydrogens (tertiary/aromatic N) is 1. The zero-order valence-electron chi connectivity index (χ0n) is 22.4. The van der Waals surface area contributed by atoms with Gasteiger partial charge in [0, 0.05) is 0 Å². The van der Waals surface area contributed by atoms with Gasteiger partial charge in [-0.15, -0.1) is 24.8 Å². The number of halogens is 2. The third-order valence-corrected chi connectivity index (χ3v) is 5.47. The molecule has 0 bridgehead atoms. The normalized spacial score (nSPS) is 10.3. The van der Waals surface area contributed by atoms with Crippen LogP contribution in [0.5, 0.6) is 11.5 Å². The Balaban J connectivity index is 0. The van der Waals surface area contributed by atoms with Crippen molar-refractivity contribution in [2.45, 2.75) is 73.1 Å². The zero-order chi connectivity index (χ0) is 25.4. The largest absolute Gasteiger partial charge is 0.147 e. The zero-order valence-corrected chi connectivity index (χ0v) is 25.6. The molecule has 0 aliphatic carbocycles. The maximum Gasteiger partial charge on any atom is -0.147 e. The summed E-state index contributed by atoms with van der Waals surface area (Å²) in [7, 11) is 0. The smallest absolute Gasteiger partial charge is 0.147 e. The van der Waals surface area contributed by atoms with Crippen molar-refractivity contribution in [1.82, 2.24) is 4.98 Å². The molecule has 0 unspecified atom stereocenters. The van der Waals surface area contributed by atoms with Crippen LogP contribution in [0.3, 0.4) is 0 Å². The van der Waals surface area contributed by atoms with Crippen LogP contribution in [-0.2, 0) is 30.8 Å². The summed E-state index contributed by atoms with van der Waals surface area (Å²) in [5.74, 6) is 0.793. The Morgan fingerprint density at radius 2 is 1.03 bits per heavy atom. The van der Waals surface area contributed by atoms with Gasteiger partial charge in [0.05, 0.1) is 0 Å². The number of aromatic nitrogens is 1. The fourth-order valence-corrected chi connectivity index (χ4v) is 3.39. The Morgan fingerprint density at radius 1 is 0.657 bits per heavy atom. The average Bonchev–Trinajstić information content (AvgIpc) is 2.71. The number of rotatable bonds is 1. The van der Waals surface area contributed by atoms with Crippen LogP contribution in [0, 0.1) is 20.8 Å². The van der Waals surface area contributed by atoms with Crippen molar-refractivity contribution in [3.63, 3.8) is 0 Å². The van der Waals surface area contributed by atoms with Crippen molar-refractivity contribution in [2.75, 3.05) is 0 Å². The van der Waals surface area contributed by atoms with Gasteiger partial charge in [-0.3, -0.25) is 0 Å². The van der Waals surface area contributed by atoms with E-state index in [0.717, 1.165) is 16.8 Å². The van der Waals surface area contributed by atoms with Gasteiger partial charge in [-0.1, -0.05) is 76.9 Å². The van der Waals surface area contributed by atoms with E-state index in [2.05, 4.69) is 59.5 Å². The van der Waals surface area contributed by atoms with Crippen molar-refractivity contribution >= 4 is 29.1 Å². The molecule has 0 saturated heterocycles. The summed E-state index contributed by atoms with van der Waals surface area (Å²) in [6.07, 6.45) is 1.82. The van der Waals surface area contributed by atoms with E-state index >= 15 is 0 Å². The summed E-state index contributed by atoms with van der Waals surface area (Å²) in [5, 5.41) is 19.1. The molecule has 0 radical (unpaired) electrons. The van der Waals surface area contributed by atoms with Crippen molar-refractivity contribution in [2.24, 2.45) is 0 Å². The van der Waals surface area contributed by atoms with Gasteiger partial charge in [0.2, 0.25) is 0 Å². The van der Waals surface area contributed by atoms with Crippen molar-refractivity contribution < 1.29 is 30.2 Å². The van der Waals surface area contributed by atoms with Crippen LogP contribution in [0.4, 0.5) is 0 Å². The second kappa shape index (κ2) is 15.5. The van der Waals surface area contributed by atoms with E-state index in [9.17, 15) is 10.2 Å². The number of phenolic OH excluding ortho intramolecular Hbond substituents is 2. The Labute approximate surface area is 236 Å². The van der Waals surface area contributed by atoms with Crippen molar-refractivity contribution in [3.8, 4) is 11.5 Å². The summed E-state index contributed by atoms with van der Waals surface area (Å²) in [6, 6.07) is 15.5. The molecule has 0 atom stereocenters. The predicted molar refractivity (Wildman–Crippen MR) is 152 cm³/mol. The van der Waals surface area contributed by atoms with E-state index in [-0.39, 0.29) is 35.6 Å². The number of phenols is 2. The summed E-state index contributed by atoms with van der Waals surface area (Å²) in [4.78, 5) is 4.10. The Morgan fingerprint density at radius 3 is 1.29 bits per heavy atom. The number of aromatic hydroxyl groups is 2. The van der Waals surface area contributed by atoms with E-state index in [1.54, 1.807) is 12.1 Å². The van der Waals surface area contributed by atoms with E-state index in [1.165, 1.54) is 16.7 Å². The third kappa shape index (κ3) is 12.7. The molecule has 6 heteroatoms. The fraction of sp³-hybridized carbons (Fsp3) is 0.379. The number of aryl methyl sites for hydroxylation is 3. The molecule has 35 heavy (non-hydrogen) atoms. The van der Waals surface area contributed by atoms with Gasteiger partial charge in [-0.25, -0.2) is 0 Å². The van der Waals surface area contributed by atoms with Crippen molar-refractivity contribution in [3.05, 3.63) is 88.2 Å². The second-order valence-electron chi connectivity index (χ2n) is 10.4. The molecule has 2 aromatic carbocycles. The van der Waals surface area contributed by atoms with E-state index in [4.69, 9.17) is 0 Å². The van der Waals surface area contributed by atoms with Gasteiger partial charge in [0.15, 0.2) is 0 Å². The Hall–Kier alpha value is -1.65. The van der Waals surface area contributed by atoms with Crippen LogP contribution in [0.25, 0.3) is 0 Å². The first-order chi connectivity index (χ1) is 15.1. The van der Waals surface area contributed by atoms with Gasteiger partial charge in [-0.05, 0) is 47.9 Å². The van der Waals surface area contributed by atoms with Crippen LogP contribution in [-0.4, -0.2) is 19.5 Å².